The molecule has 0 heterocycles. The maximum atomic E-state index is 9.34. The smallest absolute Gasteiger partial charge is 0.162 e. The van der Waals surface area contributed by atoms with Crippen molar-refractivity contribution in [1.82, 2.24) is 0 Å². The number of nitrogens with two attached hydrogens (primary N) is 1. The minimum Gasteiger partial charge on any atom is -0.504 e. The number of phenols is 2. The van der Waals surface area contributed by atoms with E-state index in [1.807, 2.05) is 0 Å². The van der Waals surface area contributed by atoms with Crippen molar-refractivity contribution in [2.24, 2.45) is 5.73 Å². The predicted octanol–water partition coefficient (Wildman–Crippen LogP) is 1.88. The zero-order valence-electron chi connectivity index (χ0n) is 6.58. The standard InChI is InChI=1S/C8H10BrNO2/c1-4(10)6-2-5(9)3-7(11)8(6)12/h2-4,11-12H,10H2,1H3. The van der Waals surface area contributed by atoms with Gasteiger partial charge in [-0.25, -0.2) is 0 Å². The molecule has 0 saturated heterocycles. The molecule has 1 atom stereocenters. The number of phenolic OH excluding ortho intramolecular Hbond substituents is 2. The van der Waals surface area contributed by atoms with Gasteiger partial charge in [0.1, 0.15) is 0 Å². The number of halogens is 1. The van der Waals surface area contributed by atoms with Crippen molar-refractivity contribution < 1.29 is 10.2 Å². The second kappa shape index (κ2) is 3.33. The van der Waals surface area contributed by atoms with Crippen molar-refractivity contribution in [3.8, 4) is 11.5 Å². The van der Waals surface area contributed by atoms with E-state index in [0.29, 0.717) is 10.0 Å². The summed E-state index contributed by atoms with van der Waals surface area (Å²) in [5.41, 5.74) is 6.09. The summed E-state index contributed by atoms with van der Waals surface area (Å²) in [5, 5.41) is 18.5. The first-order chi connectivity index (χ1) is 5.52. The third-order valence-corrected chi connectivity index (χ3v) is 2.03. The molecule has 0 spiro atoms. The van der Waals surface area contributed by atoms with Gasteiger partial charge in [0, 0.05) is 16.1 Å². The Morgan fingerprint density at radius 3 is 2.50 bits per heavy atom. The lowest BCUT2D eigenvalue weighted by atomic mass is 10.1. The summed E-state index contributed by atoms with van der Waals surface area (Å²) in [6.07, 6.45) is 0. The molecule has 4 N–H and O–H groups in total. The van der Waals surface area contributed by atoms with Crippen LogP contribution < -0.4 is 5.73 Å². The predicted molar refractivity (Wildman–Crippen MR) is 50.1 cm³/mol. The summed E-state index contributed by atoms with van der Waals surface area (Å²) in [7, 11) is 0. The third-order valence-electron chi connectivity index (χ3n) is 1.57. The molecule has 0 amide bonds. The van der Waals surface area contributed by atoms with Gasteiger partial charge in [-0.3, -0.25) is 0 Å². The summed E-state index contributed by atoms with van der Waals surface area (Å²) >= 11 is 3.19. The Morgan fingerprint density at radius 2 is 2.00 bits per heavy atom. The lowest BCUT2D eigenvalue weighted by molar-refractivity contribution is 0.396. The average molecular weight is 232 g/mol. The van der Waals surface area contributed by atoms with Gasteiger partial charge in [-0.1, -0.05) is 15.9 Å². The van der Waals surface area contributed by atoms with Gasteiger partial charge in [0.05, 0.1) is 0 Å². The van der Waals surface area contributed by atoms with E-state index in [-0.39, 0.29) is 17.5 Å². The minimum absolute atomic E-state index is 0.145. The van der Waals surface area contributed by atoms with E-state index in [0.717, 1.165) is 0 Å². The van der Waals surface area contributed by atoms with Crippen molar-refractivity contribution >= 4 is 15.9 Å². The van der Waals surface area contributed by atoms with Crippen LogP contribution >= 0.6 is 15.9 Å². The monoisotopic (exact) mass is 231 g/mol. The van der Waals surface area contributed by atoms with E-state index >= 15 is 0 Å². The quantitative estimate of drug-likeness (QED) is 0.647. The van der Waals surface area contributed by atoms with Crippen LogP contribution in [0.25, 0.3) is 0 Å². The first-order valence-corrected chi connectivity index (χ1v) is 4.28. The molecule has 0 aliphatic heterocycles. The van der Waals surface area contributed by atoms with Crippen LogP contribution in [0.1, 0.15) is 18.5 Å². The van der Waals surface area contributed by atoms with Crippen LogP contribution in [0.15, 0.2) is 16.6 Å². The van der Waals surface area contributed by atoms with Gasteiger partial charge < -0.3 is 15.9 Å². The molecule has 3 nitrogen and oxygen atoms in total. The first-order valence-electron chi connectivity index (χ1n) is 3.49. The lowest BCUT2D eigenvalue weighted by Gasteiger charge is -2.09. The van der Waals surface area contributed by atoms with Gasteiger partial charge in [0.15, 0.2) is 11.5 Å². The van der Waals surface area contributed by atoms with Gasteiger partial charge in [-0.15, -0.1) is 0 Å². The van der Waals surface area contributed by atoms with Crippen LogP contribution in [0.3, 0.4) is 0 Å². The van der Waals surface area contributed by atoms with Crippen LogP contribution in [0.4, 0.5) is 0 Å². The minimum atomic E-state index is -0.298. The Labute approximate surface area is 79.0 Å². The highest BCUT2D eigenvalue weighted by atomic mass is 79.9. The normalized spacial score (nSPS) is 12.9. The van der Waals surface area contributed by atoms with Gasteiger partial charge in [0.25, 0.3) is 0 Å². The number of aromatic hydroxyl groups is 2. The Hall–Kier alpha value is -0.740. The maximum absolute atomic E-state index is 9.34. The van der Waals surface area contributed by atoms with Crippen molar-refractivity contribution in [2.45, 2.75) is 13.0 Å². The summed E-state index contributed by atoms with van der Waals surface area (Å²) in [4.78, 5) is 0. The molecule has 0 saturated carbocycles. The van der Waals surface area contributed by atoms with E-state index in [1.54, 1.807) is 13.0 Å². The Morgan fingerprint density at radius 1 is 1.42 bits per heavy atom. The fourth-order valence-corrected chi connectivity index (χ4v) is 1.42. The van der Waals surface area contributed by atoms with Gasteiger partial charge in [-0.05, 0) is 19.1 Å². The topological polar surface area (TPSA) is 66.5 Å². The number of benzene rings is 1. The van der Waals surface area contributed by atoms with E-state index < -0.39 is 0 Å². The number of hydrogen-bond donors (Lipinski definition) is 3. The summed E-state index contributed by atoms with van der Waals surface area (Å²) in [6.45, 7) is 1.74. The molecule has 1 aromatic rings. The van der Waals surface area contributed by atoms with Gasteiger partial charge in [0.2, 0.25) is 0 Å². The zero-order chi connectivity index (χ0) is 9.30. The van der Waals surface area contributed by atoms with Gasteiger partial charge >= 0.3 is 0 Å². The molecule has 1 rings (SSSR count). The van der Waals surface area contributed by atoms with Crippen LogP contribution in [-0.4, -0.2) is 10.2 Å². The van der Waals surface area contributed by atoms with E-state index in [2.05, 4.69) is 15.9 Å². The van der Waals surface area contributed by atoms with E-state index in [1.165, 1.54) is 6.07 Å². The Kier molecular flexibility index (Phi) is 2.59. The van der Waals surface area contributed by atoms with Crippen molar-refractivity contribution in [3.63, 3.8) is 0 Å². The van der Waals surface area contributed by atoms with Crippen molar-refractivity contribution in [3.05, 3.63) is 22.2 Å². The lowest BCUT2D eigenvalue weighted by Crippen LogP contribution is -2.05. The molecule has 0 bridgehead atoms. The van der Waals surface area contributed by atoms with Crippen molar-refractivity contribution in [2.75, 3.05) is 0 Å². The molecule has 0 fully saturated rings. The third kappa shape index (κ3) is 1.70. The highest BCUT2D eigenvalue weighted by Crippen LogP contribution is 2.35. The highest BCUT2D eigenvalue weighted by molar-refractivity contribution is 9.10. The number of hydrogen-bond acceptors (Lipinski definition) is 3. The molecule has 1 aromatic carbocycles. The maximum Gasteiger partial charge on any atom is 0.162 e. The second-order valence-electron chi connectivity index (χ2n) is 2.65. The van der Waals surface area contributed by atoms with Crippen LogP contribution in [0.5, 0.6) is 11.5 Å². The average Bonchev–Trinajstić information content (AvgIpc) is 1.96. The molecule has 0 radical (unpaired) electrons. The van der Waals surface area contributed by atoms with E-state index in [9.17, 15) is 10.2 Å². The van der Waals surface area contributed by atoms with Crippen LogP contribution in [0.2, 0.25) is 0 Å². The molecule has 66 valence electrons. The molecule has 0 aliphatic rings. The van der Waals surface area contributed by atoms with Crippen LogP contribution in [0, 0.1) is 0 Å². The zero-order valence-corrected chi connectivity index (χ0v) is 8.17. The molecular weight excluding hydrogens is 222 g/mol. The number of rotatable bonds is 1. The fraction of sp³-hybridized carbons (Fsp3) is 0.250. The molecule has 0 aliphatic carbocycles. The molecule has 12 heavy (non-hydrogen) atoms. The molecule has 1 unspecified atom stereocenters. The SMILES string of the molecule is CC(N)c1cc(Br)cc(O)c1O. The van der Waals surface area contributed by atoms with Gasteiger partial charge in [-0.2, -0.15) is 0 Å². The summed E-state index contributed by atoms with van der Waals surface area (Å²) < 4.78 is 0.699. The largest absolute Gasteiger partial charge is 0.504 e. The molecule has 4 heteroatoms. The highest BCUT2D eigenvalue weighted by Gasteiger charge is 2.10. The molecule has 0 aromatic heterocycles. The van der Waals surface area contributed by atoms with E-state index in [4.69, 9.17) is 5.73 Å². The Balaban J connectivity index is 3.28. The van der Waals surface area contributed by atoms with Crippen LogP contribution in [-0.2, 0) is 0 Å². The molecular formula is C8H10BrNO2. The summed E-state index contributed by atoms with van der Waals surface area (Å²) in [5.74, 6) is -0.301. The second-order valence-corrected chi connectivity index (χ2v) is 3.57. The Bertz CT molecular complexity index is 299. The van der Waals surface area contributed by atoms with Crippen molar-refractivity contribution in [1.29, 1.82) is 0 Å². The first kappa shape index (κ1) is 9.35. The fourth-order valence-electron chi connectivity index (χ4n) is 0.953. The summed E-state index contributed by atoms with van der Waals surface area (Å²) in [6, 6.07) is 2.80.